The molecule has 0 unspecified atom stereocenters. The minimum Gasteiger partial charge on any atom is -0.508 e. The smallest absolute Gasteiger partial charge is 0.414 e. The molecule has 0 saturated heterocycles. The molecule has 2 N–H and O–H groups in total. The van der Waals surface area contributed by atoms with Gasteiger partial charge in [0.25, 0.3) is 0 Å². The van der Waals surface area contributed by atoms with Crippen LogP contribution in [0.2, 0.25) is 0 Å². The van der Waals surface area contributed by atoms with Gasteiger partial charge in [-0.15, -0.1) is 0 Å². The van der Waals surface area contributed by atoms with Crippen molar-refractivity contribution in [1.29, 1.82) is 0 Å². The van der Waals surface area contributed by atoms with E-state index in [4.69, 9.17) is 9.47 Å². The number of carbonyl (C=O) groups is 1. The van der Waals surface area contributed by atoms with Crippen LogP contribution in [0, 0.1) is 0 Å². The Balaban J connectivity index is 1.53. The minimum absolute atomic E-state index is 0.0902. The van der Waals surface area contributed by atoms with Crippen molar-refractivity contribution in [1.82, 2.24) is 0 Å². The third kappa shape index (κ3) is 5.77. The normalized spacial score (nSPS) is 11.5. The molecule has 5 heteroatoms. The van der Waals surface area contributed by atoms with E-state index in [9.17, 15) is 9.90 Å². The van der Waals surface area contributed by atoms with Crippen LogP contribution in [-0.4, -0.2) is 17.5 Å². The summed E-state index contributed by atoms with van der Waals surface area (Å²) in [5, 5.41) is 12.2. The highest BCUT2D eigenvalue weighted by Gasteiger charge is 2.14. The first-order valence-electron chi connectivity index (χ1n) is 9.18. The molecule has 28 heavy (non-hydrogen) atoms. The van der Waals surface area contributed by atoms with Crippen molar-refractivity contribution in [2.75, 3.05) is 5.32 Å². The molecule has 1 amide bonds. The quantitative estimate of drug-likeness (QED) is 0.545. The Morgan fingerprint density at radius 2 is 1.68 bits per heavy atom. The number of carbonyl (C=O) groups excluding carboxylic acids is 1. The van der Waals surface area contributed by atoms with Crippen molar-refractivity contribution in [3.05, 3.63) is 90.0 Å². The molecular formula is C23H23NO4. The summed E-state index contributed by atoms with van der Waals surface area (Å²) in [5.41, 5.74) is 3.04. The third-order valence-corrected chi connectivity index (χ3v) is 4.11. The zero-order chi connectivity index (χ0) is 19.8. The third-order valence-electron chi connectivity index (χ3n) is 4.11. The van der Waals surface area contributed by atoms with Crippen LogP contribution in [0.1, 0.15) is 24.5 Å². The van der Waals surface area contributed by atoms with Crippen LogP contribution in [0.5, 0.6) is 11.5 Å². The summed E-state index contributed by atoms with van der Waals surface area (Å²) in [6, 6.07) is 24.2. The lowest BCUT2D eigenvalue weighted by Gasteiger charge is -2.18. The molecule has 0 heterocycles. The predicted molar refractivity (Wildman–Crippen MR) is 109 cm³/mol. The molecule has 0 aromatic heterocycles. The summed E-state index contributed by atoms with van der Waals surface area (Å²) in [6.45, 7) is 1.85. The van der Waals surface area contributed by atoms with Gasteiger partial charge in [-0.3, -0.25) is 5.32 Å². The Morgan fingerprint density at radius 3 is 2.36 bits per heavy atom. The highest BCUT2D eigenvalue weighted by molar-refractivity contribution is 5.84. The lowest BCUT2D eigenvalue weighted by Crippen LogP contribution is -2.26. The van der Waals surface area contributed by atoms with Crippen LogP contribution < -0.4 is 10.1 Å². The van der Waals surface area contributed by atoms with Gasteiger partial charge in [0.15, 0.2) is 0 Å². The number of phenolic OH excluding ortho intramolecular Hbond substituents is 1. The maximum atomic E-state index is 12.2. The van der Waals surface area contributed by atoms with Crippen LogP contribution in [-0.2, 0) is 11.2 Å². The molecule has 0 radical (unpaired) electrons. The summed E-state index contributed by atoms with van der Waals surface area (Å²) in [6.07, 6.45) is -0.0395. The molecule has 5 nitrogen and oxygen atoms in total. The molecule has 144 valence electrons. The number of nitrogens with one attached hydrogen (secondary N) is 1. The molecule has 0 aliphatic rings. The van der Waals surface area contributed by atoms with Crippen molar-refractivity contribution in [2.24, 2.45) is 0 Å². The SMILES string of the molecule is CC[C@@H](OC(=O)Nc1ccc(Cc2ccccc2)cc1)Oc1cccc(O)c1. The average molecular weight is 377 g/mol. The first-order chi connectivity index (χ1) is 13.6. The van der Waals surface area contributed by atoms with E-state index in [-0.39, 0.29) is 5.75 Å². The van der Waals surface area contributed by atoms with E-state index in [1.807, 2.05) is 49.4 Å². The number of benzene rings is 3. The van der Waals surface area contributed by atoms with Gasteiger partial charge in [0.2, 0.25) is 6.29 Å². The maximum Gasteiger partial charge on any atom is 0.414 e. The number of phenols is 1. The fraction of sp³-hybridized carbons (Fsp3) is 0.174. The number of amides is 1. The number of aromatic hydroxyl groups is 1. The van der Waals surface area contributed by atoms with Gasteiger partial charge in [0.05, 0.1) is 0 Å². The van der Waals surface area contributed by atoms with Crippen LogP contribution in [0.15, 0.2) is 78.9 Å². The number of rotatable bonds is 7. The topological polar surface area (TPSA) is 67.8 Å². The molecule has 0 bridgehead atoms. The standard InChI is InChI=1S/C23H23NO4/c1-2-22(27-21-10-6-9-20(25)16-21)28-23(26)24-19-13-11-18(12-14-19)15-17-7-4-3-5-8-17/h3-14,16,22,25H,2,15H2,1H3,(H,24,26)/t22-/m1/s1. The molecule has 3 aromatic carbocycles. The first-order valence-corrected chi connectivity index (χ1v) is 9.18. The number of hydrogen-bond acceptors (Lipinski definition) is 4. The lowest BCUT2D eigenvalue weighted by molar-refractivity contribution is -0.0283. The largest absolute Gasteiger partial charge is 0.508 e. The molecule has 1 atom stereocenters. The average Bonchev–Trinajstić information content (AvgIpc) is 2.70. The van der Waals surface area contributed by atoms with Gasteiger partial charge in [0, 0.05) is 18.2 Å². The van der Waals surface area contributed by atoms with Crippen molar-refractivity contribution in [2.45, 2.75) is 26.1 Å². The van der Waals surface area contributed by atoms with Gasteiger partial charge in [-0.25, -0.2) is 4.79 Å². The van der Waals surface area contributed by atoms with E-state index in [2.05, 4.69) is 17.4 Å². The fourth-order valence-electron chi connectivity index (χ4n) is 2.70. The summed E-state index contributed by atoms with van der Waals surface area (Å²) in [5.74, 6) is 0.525. The summed E-state index contributed by atoms with van der Waals surface area (Å²) in [7, 11) is 0. The molecule has 3 rings (SSSR count). The summed E-state index contributed by atoms with van der Waals surface area (Å²) < 4.78 is 10.9. The minimum atomic E-state index is -0.751. The van der Waals surface area contributed by atoms with E-state index in [1.54, 1.807) is 18.2 Å². The fourth-order valence-corrected chi connectivity index (χ4v) is 2.70. The van der Waals surface area contributed by atoms with Crippen LogP contribution in [0.4, 0.5) is 10.5 Å². The van der Waals surface area contributed by atoms with Crippen LogP contribution in [0.3, 0.4) is 0 Å². The number of ether oxygens (including phenoxy) is 2. The number of hydrogen-bond donors (Lipinski definition) is 2. The van der Waals surface area contributed by atoms with Crippen molar-refractivity contribution >= 4 is 11.8 Å². The zero-order valence-corrected chi connectivity index (χ0v) is 15.7. The molecular weight excluding hydrogens is 354 g/mol. The highest BCUT2D eigenvalue weighted by atomic mass is 16.7. The van der Waals surface area contributed by atoms with Gasteiger partial charge in [-0.1, -0.05) is 55.5 Å². The molecule has 0 fully saturated rings. The second-order valence-corrected chi connectivity index (χ2v) is 6.34. The Bertz CT molecular complexity index is 894. The Hall–Kier alpha value is -3.47. The second-order valence-electron chi connectivity index (χ2n) is 6.34. The summed E-state index contributed by atoms with van der Waals surface area (Å²) in [4.78, 5) is 12.2. The van der Waals surface area contributed by atoms with Crippen molar-refractivity contribution in [3.8, 4) is 11.5 Å². The Kier molecular flexibility index (Phi) is 6.52. The molecule has 0 spiro atoms. The van der Waals surface area contributed by atoms with Crippen LogP contribution in [0.25, 0.3) is 0 Å². The van der Waals surface area contributed by atoms with Crippen molar-refractivity contribution < 1.29 is 19.4 Å². The van der Waals surface area contributed by atoms with E-state index >= 15 is 0 Å². The van der Waals surface area contributed by atoms with Gasteiger partial charge < -0.3 is 14.6 Å². The Morgan fingerprint density at radius 1 is 0.964 bits per heavy atom. The monoisotopic (exact) mass is 377 g/mol. The zero-order valence-electron chi connectivity index (χ0n) is 15.7. The lowest BCUT2D eigenvalue weighted by atomic mass is 10.1. The van der Waals surface area contributed by atoms with Crippen molar-refractivity contribution in [3.63, 3.8) is 0 Å². The van der Waals surface area contributed by atoms with E-state index in [0.717, 1.165) is 12.0 Å². The maximum absolute atomic E-state index is 12.2. The van der Waals surface area contributed by atoms with Crippen LogP contribution >= 0.6 is 0 Å². The van der Waals surface area contributed by atoms with Gasteiger partial charge in [0.1, 0.15) is 11.5 Å². The van der Waals surface area contributed by atoms with Gasteiger partial charge >= 0.3 is 6.09 Å². The highest BCUT2D eigenvalue weighted by Crippen LogP contribution is 2.20. The van der Waals surface area contributed by atoms with Gasteiger partial charge in [-0.05, 0) is 41.8 Å². The van der Waals surface area contributed by atoms with E-state index in [0.29, 0.717) is 17.9 Å². The van der Waals surface area contributed by atoms with E-state index < -0.39 is 12.4 Å². The molecule has 0 aliphatic heterocycles. The predicted octanol–water partition coefficient (Wildman–Crippen LogP) is 5.35. The molecule has 3 aromatic rings. The second kappa shape index (κ2) is 9.46. The molecule has 0 saturated carbocycles. The summed E-state index contributed by atoms with van der Waals surface area (Å²) >= 11 is 0. The number of anilines is 1. The van der Waals surface area contributed by atoms with Gasteiger partial charge in [-0.2, -0.15) is 0 Å². The molecule has 0 aliphatic carbocycles. The first kappa shape index (κ1) is 19.3. The Labute approximate surface area is 164 Å². The van der Waals surface area contributed by atoms with E-state index in [1.165, 1.54) is 11.6 Å².